The summed E-state index contributed by atoms with van der Waals surface area (Å²) in [7, 11) is 1.63. The summed E-state index contributed by atoms with van der Waals surface area (Å²) >= 11 is 6.15. The Labute approximate surface area is 202 Å². The van der Waals surface area contributed by atoms with Crippen LogP contribution >= 0.6 is 11.6 Å². The molecule has 0 aliphatic carbocycles. The summed E-state index contributed by atoms with van der Waals surface area (Å²) in [4.78, 5) is 17.5. The largest absolute Gasteiger partial charge is 0.497 e. The number of nitrogens with zero attached hydrogens (tertiary/aromatic N) is 2. The van der Waals surface area contributed by atoms with Gasteiger partial charge in [0.2, 0.25) is 0 Å². The van der Waals surface area contributed by atoms with Crippen LogP contribution in [0, 0.1) is 11.6 Å². The highest BCUT2D eigenvalue weighted by atomic mass is 35.5. The Bertz CT molecular complexity index is 1240. The summed E-state index contributed by atoms with van der Waals surface area (Å²) in [5, 5.41) is 0.731. The Kier molecular flexibility index (Phi) is 6.04. The Hall–Kier alpha value is -2.96. The molecule has 4 nitrogen and oxygen atoms in total. The highest BCUT2D eigenvalue weighted by Gasteiger charge is 2.46. The third-order valence-electron chi connectivity index (χ3n) is 7.05. The third kappa shape index (κ3) is 4.17. The molecule has 0 unspecified atom stereocenters. The maximum absolute atomic E-state index is 13.8. The SMILES string of the molecule is COc1ccc2c(c1)C1(CCN(Cc3cccc(Cl)c3)CC1)CN2C(=O)c1ccc(F)c(F)c1. The normalized spacial score (nSPS) is 17.1. The zero-order valence-electron chi connectivity index (χ0n) is 18.9. The Morgan fingerprint density at radius 1 is 1.03 bits per heavy atom. The van der Waals surface area contributed by atoms with Crippen LogP contribution < -0.4 is 9.64 Å². The summed E-state index contributed by atoms with van der Waals surface area (Å²) in [5.74, 6) is -1.58. The van der Waals surface area contributed by atoms with Gasteiger partial charge in [-0.05, 0) is 85.6 Å². The van der Waals surface area contributed by atoms with E-state index in [1.54, 1.807) is 12.0 Å². The average Bonchev–Trinajstić information content (AvgIpc) is 3.15. The number of ether oxygens (including phenoxy) is 1. The second-order valence-electron chi connectivity index (χ2n) is 9.09. The van der Waals surface area contributed by atoms with E-state index in [1.807, 2.05) is 36.4 Å². The van der Waals surface area contributed by atoms with Crippen LogP contribution in [0.15, 0.2) is 60.7 Å². The number of rotatable bonds is 4. The number of likely N-dealkylation sites (tertiary alicyclic amines) is 1. The number of anilines is 1. The number of carbonyl (C=O) groups excluding carboxylic acids is 1. The molecule has 34 heavy (non-hydrogen) atoms. The fraction of sp³-hybridized carbons (Fsp3) is 0.296. The molecule has 7 heteroatoms. The van der Waals surface area contributed by atoms with E-state index in [1.165, 1.54) is 11.6 Å². The number of hydrogen-bond donors (Lipinski definition) is 0. The van der Waals surface area contributed by atoms with Crippen molar-refractivity contribution in [3.05, 3.63) is 94.0 Å². The lowest BCUT2D eigenvalue weighted by molar-refractivity contribution is 0.0975. The predicted molar refractivity (Wildman–Crippen MR) is 129 cm³/mol. The summed E-state index contributed by atoms with van der Waals surface area (Å²) in [5.41, 5.74) is 2.97. The number of hydrogen-bond acceptors (Lipinski definition) is 3. The standard InChI is InChI=1S/C27H25ClF2N2O2/c1-34-21-6-8-25-22(15-21)27(17-32(25)26(33)19-5-7-23(29)24(30)14-19)9-11-31(12-10-27)16-18-3-2-4-20(28)13-18/h2-8,13-15H,9-12,16-17H2,1H3. The van der Waals surface area contributed by atoms with Crippen molar-refractivity contribution in [1.29, 1.82) is 0 Å². The van der Waals surface area contributed by atoms with Crippen LogP contribution in [-0.2, 0) is 12.0 Å². The molecule has 176 valence electrons. The van der Waals surface area contributed by atoms with Crippen molar-refractivity contribution in [2.24, 2.45) is 0 Å². The molecule has 0 aromatic heterocycles. The Balaban J connectivity index is 1.41. The molecule has 0 saturated carbocycles. The lowest BCUT2D eigenvalue weighted by Gasteiger charge is -2.40. The summed E-state index contributed by atoms with van der Waals surface area (Å²) < 4.78 is 32.8. The molecule has 0 N–H and O–H groups in total. The summed E-state index contributed by atoms with van der Waals surface area (Å²) in [6.45, 7) is 3.06. The molecule has 2 aliphatic heterocycles. The minimum atomic E-state index is -1.02. The number of carbonyl (C=O) groups is 1. The van der Waals surface area contributed by atoms with Crippen LogP contribution in [0.2, 0.25) is 5.02 Å². The van der Waals surface area contributed by atoms with Gasteiger partial charge in [-0.2, -0.15) is 0 Å². The molecule has 5 rings (SSSR count). The molecule has 3 aromatic carbocycles. The molecular weight excluding hydrogens is 458 g/mol. The predicted octanol–water partition coefficient (Wildman–Crippen LogP) is 5.82. The van der Waals surface area contributed by atoms with Gasteiger partial charge in [0.05, 0.1) is 7.11 Å². The van der Waals surface area contributed by atoms with Crippen molar-refractivity contribution in [3.63, 3.8) is 0 Å². The smallest absolute Gasteiger partial charge is 0.258 e. The minimum absolute atomic E-state index is 0.135. The molecule has 0 bridgehead atoms. The van der Waals surface area contributed by atoms with E-state index >= 15 is 0 Å². The molecule has 1 fully saturated rings. The lowest BCUT2D eigenvalue weighted by atomic mass is 9.74. The van der Waals surface area contributed by atoms with Crippen LogP contribution in [0.25, 0.3) is 0 Å². The highest BCUT2D eigenvalue weighted by Crippen LogP contribution is 2.48. The van der Waals surface area contributed by atoms with Gasteiger partial charge in [-0.15, -0.1) is 0 Å². The van der Waals surface area contributed by atoms with E-state index in [4.69, 9.17) is 16.3 Å². The van der Waals surface area contributed by atoms with E-state index in [0.29, 0.717) is 6.54 Å². The number of halogens is 3. The maximum atomic E-state index is 13.8. The van der Waals surface area contributed by atoms with Gasteiger partial charge in [-0.1, -0.05) is 23.7 Å². The zero-order chi connectivity index (χ0) is 23.9. The zero-order valence-corrected chi connectivity index (χ0v) is 19.6. The molecule has 2 aliphatic rings. The highest BCUT2D eigenvalue weighted by molar-refractivity contribution is 6.30. The fourth-order valence-electron chi connectivity index (χ4n) is 5.20. The maximum Gasteiger partial charge on any atom is 0.258 e. The van der Waals surface area contributed by atoms with Gasteiger partial charge in [0.25, 0.3) is 5.91 Å². The van der Waals surface area contributed by atoms with Crippen LogP contribution in [0.5, 0.6) is 5.75 Å². The van der Waals surface area contributed by atoms with Crippen molar-refractivity contribution in [2.45, 2.75) is 24.8 Å². The molecule has 1 saturated heterocycles. The Morgan fingerprint density at radius 3 is 2.53 bits per heavy atom. The van der Waals surface area contributed by atoms with Crippen LogP contribution in [0.3, 0.4) is 0 Å². The first-order valence-electron chi connectivity index (χ1n) is 11.3. The number of amides is 1. The number of piperidine rings is 1. The number of fused-ring (bicyclic) bond motifs is 2. The lowest BCUT2D eigenvalue weighted by Crippen LogP contribution is -2.45. The van der Waals surface area contributed by atoms with Gasteiger partial charge in [0.1, 0.15) is 5.75 Å². The summed E-state index contributed by atoms with van der Waals surface area (Å²) in [6.07, 6.45) is 1.74. The van der Waals surface area contributed by atoms with E-state index in [9.17, 15) is 13.6 Å². The van der Waals surface area contributed by atoms with E-state index in [2.05, 4.69) is 11.0 Å². The monoisotopic (exact) mass is 482 g/mol. The van der Waals surface area contributed by atoms with Crippen molar-refractivity contribution in [3.8, 4) is 5.75 Å². The van der Waals surface area contributed by atoms with Gasteiger partial charge >= 0.3 is 0 Å². The molecule has 1 amide bonds. The van der Waals surface area contributed by atoms with Gasteiger partial charge in [0, 0.05) is 34.8 Å². The third-order valence-corrected chi connectivity index (χ3v) is 7.28. The van der Waals surface area contributed by atoms with Gasteiger partial charge < -0.3 is 9.64 Å². The van der Waals surface area contributed by atoms with Gasteiger partial charge in [-0.25, -0.2) is 8.78 Å². The van der Waals surface area contributed by atoms with Crippen LogP contribution in [0.1, 0.15) is 34.3 Å². The fourth-order valence-corrected chi connectivity index (χ4v) is 5.41. The van der Waals surface area contributed by atoms with Crippen molar-refractivity contribution in [1.82, 2.24) is 4.90 Å². The Morgan fingerprint density at radius 2 is 1.82 bits per heavy atom. The molecule has 2 heterocycles. The van der Waals surface area contributed by atoms with Crippen LogP contribution in [-0.4, -0.2) is 37.6 Å². The van der Waals surface area contributed by atoms with Gasteiger partial charge in [0.15, 0.2) is 11.6 Å². The molecule has 0 atom stereocenters. The molecule has 3 aromatic rings. The van der Waals surface area contributed by atoms with E-state index in [0.717, 1.165) is 66.6 Å². The van der Waals surface area contributed by atoms with E-state index < -0.39 is 11.6 Å². The quantitative estimate of drug-likeness (QED) is 0.469. The number of methoxy groups -OCH3 is 1. The average molecular weight is 483 g/mol. The summed E-state index contributed by atoms with van der Waals surface area (Å²) in [6, 6.07) is 16.9. The molecule has 0 radical (unpaired) electrons. The molecular formula is C27H25ClF2N2O2. The van der Waals surface area contributed by atoms with Crippen molar-refractivity contribution < 1.29 is 18.3 Å². The topological polar surface area (TPSA) is 32.8 Å². The first-order chi connectivity index (χ1) is 16.4. The number of benzene rings is 3. The van der Waals surface area contributed by atoms with Crippen molar-refractivity contribution in [2.75, 3.05) is 31.6 Å². The van der Waals surface area contributed by atoms with Gasteiger partial charge in [-0.3, -0.25) is 9.69 Å². The second-order valence-corrected chi connectivity index (χ2v) is 9.53. The first kappa shape index (κ1) is 22.8. The molecule has 1 spiro atoms. The first-order valence-corrected chi connectivity index (χ1v) is 11.7. The van der Waals surface area contributed by atoms with E-state index in [-0.39, 0.29) is 16.9 Å². The van der Waals surface area contributed by atoms with Crippen LogP contribution in [0.4, 0.5) is 14.5 Å². The van der Waals surface area contributed by atoms with Crippen molar-refractivity contribution >= 4 is 23.2 Å². The minimum Gasteiger partial charge on any atom is -0.497 e. The second kappa shape index (κ2) is 9.01.